The largest absolute Gasteiger partial charge is 0.381 e. The summed E-state index contributed by atoms with van der Waals surface area (Å²) in [6.07, 6.45) is 2.12. The van der Waals surface area contributed by atoms with Crippen molar-refractivity contribution in [2.45, 2.75) is 57.2 Å². The Kier molecular flexibility index (Phi) is 11.3. The minimum Gasteiger partial charge on any atom is -0.381 e. The van der Waals surface area contributed by atoms with E-state index in [4.69, 9.17) is 4.74 Å². The molecule has 4 saturated heterocycles. The van der Waals surface area contributed by atoms with Crippen molar-refractivity contribution in [1.82, 2.24) is 25.3 Å². The van der Waals surface area contributed by atoms with Crippen LogP contribution in [0.25, 0.3) is 10.9 Å². The summed E-state index contributed by atoms with van der Waals surface area (Å²) in [5.74, 6) is -2.88. The summed E-state index contributed by atoms with van der Waals surface area (Å²) in [5.41, 5.74) is 5.66. The van der Waals surface area contributed by atoms with Crippen LogP contribution in [0.3, 0.4) is 0 Å². The van der Waals surface area contributed by atoms with Gasteiger partial charge >= 0.3 is 0 Å². The van der Waals surface area contributed by atoms with Crippen LogP contribution in [0.1, 0.15) is 74.8 Å². The number of aromatic amines is 1. The number of hydrogen-bond acceptors (Lipinski definition) is 11. The van der Waals surface area contributed by atoms with Gasteiger partial charge in [-0.15, -0.1) is 0 Å². The van der Waals surface area contributed by atoms with Crippen molar-refractivity contribution in [1.29, 1.82) is 0 Å². The highest BCUT2D eigenvalue weighted by Gasteiger charge is 2.45. The molecule has 4 N–H and O–H groups in total. The lowest BCUT2D eigenvalue weighted by atomic mass is 9.90. The van der Waals surface area contributed by atoms with Crippen molar-refractivity contribution in [3.05, 3.63) is 112 Å². The first-order valence-corrected chi connectivity index (χ1v) is 22.3. The highest BCUT2D eigenvalue weighted by Crippen LogP contribution is 2.35. The van der Waals surface area contributed by atoms with Gasteiger partial charge in [-0.2, -0.15) is 5.10 Å². The first kappa shape index (κ1) is 42.2. The second-order valence-electron chi connectivity index (χ2n) is 17.7. The molecular weight excluding hydrogens is 837 g/mol. The van der Waals surface area contributed by atoms with E-state index in [1.54, 1.807) is 12.1 Å². The number of benzene rings is 4. The number of nitrogens with zero attached hydrogens (tertiary/aromatic N) is 5. The van der Waals surface area contributed by atoms with E-state index in [0.717, 1.165) is 85.7 Å². The summed E-state index contributed by atoms with van der Waals surface area (Å²) >= 11 is 0. The molecule has 0 bridgehead atoms. The highest BCUT2D eigenvalue weighted by molar-refractivity contribution is 6.23. The van der Waals surface area contributed by atoms with Gasteiger partial charge in [0.2, 0.25) is 11.8 Å². The van der Waals surface area contributed by atoms with Gasteiger partial charge < -0.3 is 25.2 Å². The van der Waals surface area contributed by atoms with E-state index in [-0.39, 0.29) is 35.9 Å². The number of H-pyrrole nitrogens is 1. The fraction of sp³-hybridized carbons (Fsp3) is 0.375. The lowest BCUT2D eigenvalue weighted by molar-refractivity contribution is -0.136. The first-order chi connectivity index (χ1) is 31.4. The third kappa shape index (κ3) is 8.41. The molecule has 0 spiro atoms. The molecule has 1 aromatic heterocycles. The van der Waals surface area contributed by atoms with Crippen LogP contribution >= 0.6 is 0 Å². The van der Waals surface area contributed by atoms with E-state index in [1.165, 1.54) is 12.1 Å². The van der Waals surface area contributed by atoms with E-state index >= 15 is 0 Å². The molecular formula is C48H49F2N9O6. The molecule has 5 aliphatic heterocycles. The van der Waals surface area contributed by atoms with Crippen LogP contribution in [0, 0.1) is 17.6 Å². The third-order valence-corrected chi connectivity index (χ3v) is 13.7. The molecule has 336 valence electrons. The van der Waals surface area contributed by atoms with Crippen LogP contribution < -0.4 is 25.8 Å². The normalized spacial score (nSPS) is 20.2. The molecule has 15 nitrogen and oxygen atoms in total. The number of fused-ring (bicyclic) bond motifs is 2. The monoisotopic (exact) mass is 885 g/mol. The van der Waals surface area contributed by atoms with E-state index < -0.39 is 41.3 Å². The number of aromatic nitrogens is 2. The van der Waals surface area contributed by atoms with Crippen molar-refractivity contribution < 1.29 is 37.5 Å². The van der Waals surface area contributed by atoms with Gasteiger partial charge in [0, 0.05) is 105 Å². The second-order valence-corrected chi connectivity index (χ2v) is 17.7. The van der Waals surface area contributed by atoms with Gasteiger partial charge in [-0.25, -0.2) is 8.78 Å². The van der Waals surface area contributed by atoms with Crippen molar-refractivity contribution in [3.63, 3.8) is 0 Å². The van der Waals surface area contributed by atoms with Crippen LogP contribution in [-0.2, 0) is 20.7 Å². The number of rotatable bonds is 11. The molecule has 2 atom stereocenters. The predicted octanol–water partition coefficient (Wildman–Crippen LogP) is 5.32. The maximum atomic E-state index is 14.1. The minimum atomic E-state index is -0.997. The van der Waals surface area contributed by atoms with Crippen LogP contribution in [0.4, 0.5) is 31.7 Å². The maximum Gasteiger partial charge on any atom is 0.262 e. The Morgan fingerprint density at radius 3 is 2.29 bits per heavy atom. The Balaban J connectivity index is 0.777. The van der Waals surface area contributed by atoms with Crippen LogP contribution in [0.15, 0.2) is 72.8 Å². The first-order valence-electron chi connectivity index (χ1n) is 22.3. The molecule has 10 rings (SSSR count). The second kappa shape index (κ2) is 17.3. The zero-order valence-electron chi connectivity index (χ0n) is 35.9. The lowest BCUT2D eigenvalue weighted by Crippen LogP contribution is -2.59. The number of imide groups is 2. The SMILES string of the molecule is CC(C1CN(c2ccc3c(c2)C(=O)N(C2CCC(=O)NC2=O)C3=O)C1)N1CCN(c2ccc(C(=O)Nc3n[nH]c4ccc(Cc5cc(F)cc(F)c5)cc34)c(NC3CCOCC3)c2)CC1. The Labute approximate surface area is 373 Å². The molecule has 0 saturated carbocycles. The van der Waals surface area contributed by atoms with Gasteiger partial charge in [-0.1, -0.05) is 6.07 Å². The number of nitrogens with one attached hydrogen (secondary N) is 4. The molecule has 6 heterocycles. The highest BCUT2D eigenvalue weighted by atomic mass is 19.1. The van der Waals surface area contributed by atoms with Crippen molar-refractivity contribution >= 4 is 63.3 Å². The van der Waals surface area contributed by atoms with E-state index in [1.807, 2.05) is 36.4 Å². The third-order valence-electron chi connectivity index (χ3n) is 13.7. The van der Waals surface area contributed by atoms with Crippen molar-refractivity contribution in [2.75, 3.05) is 72.9 Å². The molecule has 5 aromatic rings. The Morgan fingerprint density at radius 2 is 1.54 bits per heavy atom. The number of anilines is 4. The minimum absolute atomic E-state index is 0.0738. The number of amides is 5. The van der Waals surface area contributed by atoms with E-state index in [0.29, 0.717) is 59.4 Å². The average Bonchev–Trinajstić information content (AvgIpc) is 3.78. The number of ether oxygens (including phenoxy) is 1. The van der Waals surface area contributed by atoms with Crippen molar-refractivity contribution in [3.8, 4) is 0 Å². The van der Waals surface area contributed by atoms with Gasteiger partial charge in [-0.05, 0) is 104 Å². The zero-order valence-corrected chi connectivity index (χ0v) is 35.9. The van der Waals surface area contributed by atoms with Gasteiger partial charge in [0.1, 0.15) is 17.7 Å². The predicted molar refractivity (Wildman–Crippen MR) is 239 cm³/mol. The molecule has 5 aliphatic rings. The average molecular weight is 886 g/mol. The Hall–Kier alpha value is -6.72. The van der Waals surface area contributed by atoms with Gasteiger partial charge in [0.15, 0.2) is 5.82 Å². The number of piperidine rings is 1. The standard InChI is InChI=1S/C48H49F2N9O6/c1-27(30-25-58(26-30)34-3-5-36-38(23-34)48(64)59(47(36)63)42-8-9-43(60)52-46(42)62)56-12-14-57(15-13-56)35-4-6-37(41(24-35)51-33-10-16-65-17-11-33)45(61)53-44-39-21-28(2-7-40(39)54-55-44)18-29-19-31(49)22-32(50)20-29/h2-7,19-24,27,30,33,42,51H,8-18,25-26H2,1H3,(H,52,60,62)(H2,53,54,55,61). The van der Waals surface area contributed by atoms with Gasteiger partial charge in [0.05, 0.1) is 22.2 Å². The van der Waals surface area contributed by atoms with Crippen LogP contribution in [0.2, 0.25) is 0 Å². The summed E-state index contributed by atoms with van der Waals surface area (Å²) in [6.45, 7) is 8.47. The molecule has 0 radical (unpaired) electrons. The molecule has 0 aliphatic carbocycles. The molecule has 2 unspecified atom stereocenters. The molecule has 65 heavy (non-hydrogen) atoms. The summed E-state index contributed by atoms with van der Waals surface area (Å²) in [7, 11) is 0. The van der Waals surface area contributed by atoms with Crippen molar-refractivity contribution in [2.24, 2.45) is 5.92 Å². The fourth-order valence-corrected chi connectivity index (χ4v) is 9.87. The summed E-state index contributed by atoms with van der Waals surface area (Å²) in [6, 6.07) is 19.7. The summed E-state index contributed by atoms with van der Waals surface area (Å²) in [4.78, 5) is 72.9. The number of hydrogen-bond donors (Lipinski definition) is 4. The number of carbonyl (C=O) groups excluding carboxylic acids is 5. The molecule has 4 fully saturated rings. The van der Waals surface area contributed by atoms with E-state index in [9.17, 15) is 32.8 Å². The number of halogens is 2. The van der Waals surface area contributed by atoms with Crippen LogP contribution in [0.5, 0.6) is 0 Å². The topological polar surface area (TPSA) is 172 Å². The summed E-state index contributed by atoms with van der Waals surface area (Å²) < 4.78 is 33.4. The zero-order chi connectivity index (χ0) is 44.9. The van der Waals surface area contributed by atoms with Gasteiger partial charge in [-0.3, -0.25) is 44.2 Å². The smallest absolute Gasteiger partial charge is 0.262 e. The Bertz CT molecular complexity index is 2700. The van der Waals surface area contributed by atoms with E-state index in [2.05, 4.69) is 53.8 Å². The maximum absolute atomic E-state index is 14.1. The quantitative estimate of drug-likeness (QED) is 0.127. The molecule has 17 heteroatoms. The van der Waals surface area contributed by atoms with Crippen LogP contribution in [-0.4, -0.2) is 120 Å². The Morgan fingerprint density at radius 1 is 0.815 bits per heavy atom. The van der Waals surface area contributed by atoms with Gasteiger partial charge in [0.25, 0.3) is 17.7 Å². The lowest BCUT2D eigenvalue weighted by Gasteiger charge is -2.49. The number of piperazine rings is 1. The molecule has 4 aromatic carbocycles. The fourth-order valence-electron chi connectivity index (χ4n) is 9.87. The summed E-state index contributed by atoms with van der Waals surface area (Å²) in [5, 5.41) is 17.0. The molecule has 5 amide bonds. The number of carbonyl (C=O) groups is 5.